The molecule has 7 nitrogen and oxygen atoms in total. The molecule has 2 N–H and O–H groups in total. The molecule has 2 unspecified atom stereocenters. The third kappa shape index (κ3) is 4.67. The van der Waals surface area contributed by atoms with Gasteiger partial charge in [-0.05, 0) is 19.3 Å². The van der Waals surface area contributed by atoms with Crippen LogP contribution < -0.4 is 0 Å². The Kier molecular flexibility index (Phi) is 8.62. The predicted molar refractivity (Wildman–Crippen MR) is 81.1 cm³/mol. The number of esters is 1. The molecule has 0 aromatic carbocycles. The number of carbonyl (C=O) groups is 2. The molecule has 0 aromatic rings. The van der Waals surface area contributed by atoms with E-state index in [4.69, 9.17) is 4.74 Å². The largest absolute Gasteiger partial charge is 0.481 e. The number of rotatable bonds is 11. The van der Waals surface area contributed by atoms with Crippen LogP contribution in [0.4, 0.5) is 0 Å². The number of aliphatic carboxylic acids is 1. The average molecular weight is 338 g/mol. The van der Waals surface area contributed by atoms with E-state index in [1.807, 2.05) is 6.92 Å². The highest BCUT2D eigenvalue weighted by Crippen LogP contribution is 2.34. The number of unbranched alkanes of at least 4 members (excludes halogenated alkanes) is 3. The predicted octanol–water partition coefficient (Wildman–Crippen LogP) is 2.26. The third-order valence-corrected chi connectivity index (χ3v) is 5.49. The summed E-state index contributed by atoms with van der Waals surface area (Å²) >= 11 is 0. The minimum Gasteiger partial charge on any atom is -0.481 e. The van der Waals surface area contributed by atoms with Crippen molar-refractivity contribution in [3.05, 3.63) is 0 Å². The number of carboxylic acids is 1. The summed E-state index contributed by atoms with van der Waals surface area (Å²) in [6.07, 6.45) is 2.86. The number of carboxylic acid groups (broad SMARTS) is 1. The first-order valence-corrected chi connectivity index (χ1v) is 9.00. The van der Waals surface area contributed by atoms with E-state index in [1.165, 1.54) is 13.8 Å². The Morgan fingerprint density at radius 2 is 1.73 bits per heavy atom. The molecule has 0 saturated carbocycles. The van der Waals surface area contributed by atoms with Gasteiger partial charge in [-0.15, -0.1) is 0 Å². The van der Waals surface area contributed by atoms with Crippen molar-refractivity contribution >= 4 is 22.1 Å². The van der Waals surface area contributed by atoms with Crippen LogP contribution in [0.25, 0.3) is 0 Å². The van der Waals surface area contributed by atoms with Crippen LogP contribution in [0.2, 0.25) is 0 Å². The Bertz CT molecular complexity index is 472. The molecule has 0 rings (SSSR count). The van der Waals surface area contributed by atoms with E-state index in [0.29, 0.717) is 6.42 Å². The highest BCUT2D eigenvalue weighted by molar-refractivity contribution is 7.88. The first-order valence-electron chi connectivity index (χ1n) is 7.56. The van der Waals surface area contributed by atoms with Crippen molar-refractivity contribution in [2.24, 2.45) is 5.92 Å². The van der Waals surface area contributed by atoms with Crippen molar-refractivity contribution in [3.63, 3.8) is 0 Å². The minimum atomic E-state index is -4.93. The standard InChI is InChI=1S/C14H26O7S/c1-4-7-8-9-10-21-13(17)14(6-3,22(18,19)20)11(5-2)12(15)16/h11H,4-10H2,1-3H3,(H,15,16)(H,18,19,20). The molecule has 0 bridgehead atoms. The van der Waals surface area contributed by atoms with Gasteiger partial charge in [-0.25, -0.2) is 0 Å². The topological polar surface area (TPSA) is 118 Å². The van der Waals surface area contributed by atoms with Crippen LogP contribution in [0.5, 0.6) is 0 Å². The van der Waals surface area contributed by atoms with Crippen LogP contribution in [0.3, 0.4) is 0 Å². The molecule has 0 amide bonds. The lowest BCUT2D eigenvalue weighted by molar-refractivity contribution is -0.156. The van der Waals surface area contributed by atoms with Crippen LogP contribution in [-0.4, -0.2) is 41.4 Å². The molecule has 0 aromatic heterocycles. The van der Waals surface area contributed by atoms with Crippen LogP contribution in [0.15, 0.2) is 0 Å². The maximum atomic E-state index is 12.3. The molecule has 0 aliphatic heterocycles. The summed E-state index contributed by atoms with van der Waals surface area (Å²) in [5.74, 6) is -4.20. The fourth-order valence-corrected chi connectivity index (χ4v) is 3.78. The molecule has 8 heteroatoms. The van der Waals surface area contributed by atoms with Gasteiger partial charge in [-0.1, -0.05) is 40.0 Å². The van der Waals surface area contributed by atoms with E-state index < -0.39 is 32.7 Å². The summed E-state index contributed by atoms with van der Waals surface area (Å²) in [6.45, 7) is 4.82. The lowest BCUT2D eigenvalue weighted by Gasteiger charge is -2.32. The number of carbonyl (C=O) groups excluding carboxylic acids is 1. The van der Waals surface area contributed by atoms with Gasteiger partial charge in [-0.3, -0.25) is 14.1 Å². The van der Waals surface area contributed by atoms with Gasteiger partial charge in [0.25, 0.3) is 10.1 Å². The van der Waals surface area contributed by atoms with Gasteiger partial charge < -0.3 is 9.84 Å². The average Bonchev–Trinajstić information content (AvgIpc) is 2.42. The summed E-state index contributed by atoms with van der Waals surface area (Å²) in [5, 5.41) is 9.21. The smallest absolute Gasteiger partial charge is 0.330 e. The molecule has 0 aliphatic carbocycles. The zero-order valence-corrected chi connectivity index (χ0v) is 14.2. The fourth-order valence-electron chi connectivity index (χ4n) is 2.52. The van der Waals surface area contributed by atoms with Crippen molar-refractivity contribution in [3.8, 4) is 0 Å². The highest BCUT2D eigenvalue weighted by Gasteiger charge is 2.58. The Morgan fingerprint density at radius 1 is 1.14 bits per heavy atom. The van der Waals surface area contributed by atoms with E-state index >= 15 is 0 Å². The van der Waals surface area contributed by atoms with Gasteiger partial charge in [0.1, 0.15) is 0 Å². The lowest BCUT2D eigenvalue weighted by atomic mass is 9.87. The van der Waals surface area contributed by atoms with Crippen LogP contribution in [0, 0.1) is 5.92 Å². The van der Waals surface area contributed by atoms with Gasteiger partial charge in [-0.2, -0.15) is 8.42 Å². The molecule has 130 valence electrons. The zero-order valence-electron chi connectivity index (χ0n) is 13.4. The maximum Gasteiger partial charge on any atom is 0.330 e. The van der Waals surface area contributed by atoms with E-state index in [9.17, 15) is 27.7 Å². The van der Waals surface area contributed by atoms with Crippen molar-refractivity contribution < 1.29 is 32.4 Å². The fraction of sp³-hybridized carbons (Fsp3) is 0.857. The van der Waals surface area contributed by atoms with Gasteiger partial charge in [0.05, 0.1) is 12.5 Å². The maximum absolute atomic E-state index is 12.3. The molecular formula is C14H26O7S. The number of hydrogen-bond donors (Lipinski definition) is 2. The van der Waals surface area contributed by atoms with Crippen molar-refractivity contribution in [1.29, 1.82) is 0 Å². The van der Waals surface area contributed by atoms with Crippen LogP contribution >= 0.6 is 0 Å². The van der Waals surface area contributed by atoms with Crippen molar-refractivity contribution in [2.75, 3.05) is 6.61 Å². The van der Waals surface area contributed by atoms with E-state index in [0.717, 1.165) is 19.3 Å². The second-order valence-electron chi connectivity index (χ2n) is 5.21. The first kappa shape index (κ1) is 20.9. The van der Waals surface area contributed by atoms with Gasteiger partial charge in [0, 0.05) is 0 Å². The second-order valence-corrected chi connectivity index (χ2v) is 6.89. The first-order chi connectivity index (χ1) is 10.2. The Labute approximate surface area is 131 Å². The molecular weight excluding hydrogens is 312 g/mol. The Morgan fingerprint density at radius 3 is 2.09 bits per heavy atom. The lowest BCUT2D eigenvalue weighted by Crippen LogP contribution is -2.55. The van der Waals surface area contributed by atoms with Crippen LogP contribution in [-0.2, 0) is 24.4 Å². The summed E-state index contributed by atoms with van der Waals surface area (Å²) < 4.78 is 35.5. The van der Waals surface area contributed by atoms with Crippen molar-refractivity contribution in [1.82, 2.24) is 0 Å². The van der Waals surface area contributed by atoms with Gasteiger partial charge >= 0.3 is 11.9 Å². The van der Waals surface area contributed by atoms with E-state index in [1.54, 1.807) is 0 Å². The highest BCUT2D eigenvalue weighted by atomic mass is 32.2. The molecule has 0 spiro atoms. The van der Waals surface area contributed by atoms with Gasteiger partial charge in [0.15, 0.2) is 0 Å². The minimum absolute atomic E-state index is 0.00611. The molecule has 0 fully saturated rings. The summed E-state index contributed by atoms with van der Waals surface area (Å²) in [4.78, 5) is 23.6. The Balaban J connectivity index is 5.33. The summed E-state index contributed by atoms with van der Waals surface area (Å²) in [5.41, 5.74) is 0. The monoisotopic (exact) mass is 338 g/mol. The van der Waals surface area contributed by atoms with E-state index in [2.05, 4.69) is 0 Å². The normalized spacial score (nSPS) is 15.8. The molecule has 0 radical (unpaired) electrons. The third-order valence-electron chi connectivity index (χ3n) is 3.83. The Hall–Kier alpha value is -1.15. The second kappa shape index (κ2) is 9.09. The number of hydrogen-bond acceptors (Lipinski definition) is 5. The van der Waals surface area contributed by atoms with E-state index in [-0.39, 0.29) is 19.4 Å². The SMILES string of the molecule is CCCCCCOC(=O)C(CC)(C(CC)C(=O)O)S(=O)(=O)O. The number of ether oxygens (including phenoxy) is 1. The van der Waals surface area contributed by atoms with Crippen LogP contribution in [0.1, 0.15) is 59.3 Å². The van der Waals surface area contributed by atoms with Crippen molar-refractivity contribution in [2.45, 2.75) is 64.0 Å². The summed E-state index contributed by atoms with van der Waals surface area (Å²) in [7, 11) is -4.93. The molecule has 0 saturated heterocycles. The molecule has 2 atom stereocenters. The molecule has 0 aliphatic rings. The summed E-state index contributed by atoms with van der Waals surface area (Å²) in [6, 6.07) is 0. The zero-order chi connectivity index (χ0) is 17.4. The quantitative estimate of drug-likeness (QED) is 0.337. The molecule has 22 heavy (non-hydrogen) atoms. The van der Waals surface area contributed by atoms with Gasteiger partial charge in [0.2, 0.25) is 4.75 Å². The molecule has 0 heterocycles.